The Morgan fingerprint density at radius 3 is 2.15 bits per heavy atom. The van der Waals surface area contributed by atoms with Crippen molar-refractivity contribution < 1.29 is 45.7 Å². The summed E-state index contributed by atoms with van der Waals surface area (Å²) >= 11 is 0. The Labute approximate surface area is 149 Å². The van der Waals surface area contributed by atoms with Gasteiger partial charge in [-0.3, -0.25) is 0 Å². The highest BCUT2D eigenvalue weighted by Gasteiger charge is 2.43. The van der Waals surface area contributed by atoms with E-state index in [2.05, 4.69) is 14.8 Å². The number of benzene rings is 1. The lowest BCUT2D eigenvalue weighted by Crippen LogP contribution is -2.39. The molecule has 0 aliphatic carbocycles. The molecule has 1 saturated heterocycles. The van der Waals surface area contributed by atoms with E-state index >= 15 is 0 Å². The van der Waals surface area contributed by atoms with Gasteiger partial charge in [-0.1, -0.05) is 5.04 Å². The maximum absolute atomic E-state index is 13.7. The first-order chi connectivity index (χ1) is 12.2. The van der Waals surface area contributed by atoms with Crippen molar-refractivity contribution in [3.63, 3.8) is 0 Å². The van der Waals surface area contributed by atoms with E-state index in [1.165, 1.54) is 26.4 Å². The van der Waals surface area contributed by atoms with Crippen molar-refractivity contribution in [3.8, 4) is 5.75 Å². The average Bonchev–Trinajstić information content (AvgIpc) is 2.50. The average molecular weight is 399 g/mol. The maximum Gasteiger partial charge on any atom is 0.315 e. The second kappa shape index (κ2) is 8.88. The van der Waals surface area contributed by atoms with Crippen LogP contribution in [-0.4, -0.2) is 54.1 Å². The van der Waals surface area contributed by atoms with Gasteiger partial charge < -0.3 is 18.6 Å². The van der Waals surface area contributed by atoms with Gasteiger partial charge in [0.25, 0.3) is 5.92 Å². The third kappa shape index (κ3) is 6.30. The second-order valence-corrected chi connectivity index (χ2v) is 6.98. The molecular formula is C14H19F2NO8S. The molecule has 2 rings (SSSR count). The molecule has 0 radical (unpaired) electrons. The monoisotopic (exact) mass is 399 g/mol. The Bertz CT molecular complexity index is 660. The molecule has 1 fully saturated rings. The molecule has 0 N–H and O–H groups in total. The Morgan fingerprint density at radius 2 is 1.69 bits per heavy atom. The first-order valence-corrected chi connectivity index (χ1v) is 8.94. The summed E-state index contributed by atoms with van der Waals surface area (Å²) in [5.74, 6) is -5.23. The molecule has 0 atom stereocenters. The van der Waals surface area contributed by atoms with E-state index in [-0.39, 0.29) is 19.2 Å². The van der Waals surface area contributed by atoms with Crippen molar-refractivity contribution in [1.82, 2.24) is 0 Å². The highest BCUT2D eigenvalue weighted by Crippen LogP contribution is 2.29. The fourth-order valence-corrected chi connectivity index (χ4v) is 3.21. The predicted molar refractivity (Wildman–Crippen MR) is 83.7 cm³/mol. The van der Waals surface area contributed by atoms with Gasteiger partial charge in [-0.2, -0.15) is 18.2 Å². The van der Waals surface area contributed by atoms with Crippen LogP contribution in [0.4, 0.5) is 14.5 Å². The van der Waals surface area contributed by atoms with Crippen molar-refractivity contribution in [2.75, 3.05) is 38.3 Å². The SMILES string of the molecule is COCN(COC)c1ccc(OS(=O)(=O)CC(F)(F)CC2OOO2)cc1. The van der Waals surface area contributed by atoms with Crippen LogP contribution in [0.2, 0.25) is 0 Å². The Kier molecular flexibility index (Phi) is 7.08. The van der Waals surface area contributed by atoms with Crippen molar-refractivity contribution >= 4 is 15.8 Å². The number of ether oxygens (including phenoxy) is 2. The van der Waals surface area contributed by atoms with Crippen molar-refractivity contribution in [2.24, 2.45) is 0 Å². The van der Waals surface area contributed by atoms with Crippen LogP contribution in [0, 0.1) is 0 Å². The summed E-state index contributed by atoms with van der Waals surface area (Å²) in [5, 5.41) is 3.84. The molecule has 0 spiro atoms. The van der Waals surface area contributed by atoms with Crippen LogP contribution in [0.15, 0.2) is 24.3 Å². The maximum atomic E-state index is 13.7. The number of rotatable bonds is 11. The molecule has 12 heteroatoms. The lowest BCUT2D eigenvalue weighted by Gasteiger charge is -2.26. The molecule has 1 aromatic carbocycles. The molecule has 0 unspecified atom stereocenters. The van der Waals surface area contributed by atoms with Crippen molar-refractivity contribution in [2.45, 2.75) is 18.6 Å². The lowest BCUT2D eigenvalue weighted by atomic mass is 10.2. The fraction of sp³-hybridized carbons (Fsp3) is 0.571. The third-order valence-electron chi connectivity index (χ3n) is 3.14. The van der Waals surface area contributed by atoms with E-state index in [0.717, 1.165) is 0 Å². The molecule has 0 amide bonds. The molecule has 1 aliphatic rings. The summed E-state index contributed by atoms with van der Waals surface area (Å²) in [6.07, 6.45) is -2.29. The zero-order valence-electron chi connectivity index (χ0n) is 14.1. The van der Waals surface area contributed by atoms with Crippen LogP contribution < -0.4 is 9.08 Å². The van der Waals surface area contributed by atoms with Gasteiger partial charge in [0.15, 0.2) is 0 Å². The minimum atomic E-state index is -4.54. The molecule has 1 heterocycles. The Balaban J connectivity index is 1.97. The van der Waals surface area contributed by atoms with Gasteiger partial charge in [-0.05, 0) is 24.3 Å². The Morgan fingerprint density at radius 1 is 1.12 bits per heavy atom. The van der Waals surface area contributed by atoms with Crippen LogP contribution in [0.3, 0.4) is 0 Å². The quantitative estimate of drug-likeness (QED) is 0.313. The van der Waals surface area contributed by atoms with Gasteiger partial charge in [0.1, 0.15) is 25.0 Å². The zero-order chi connectivity index (χ0) is 19.2. The van der Waals surface area contributed by atoms with E-state index in [4.69, 9.17) is 13.7 Å². The summed E-state index contributed by atoms with van der Waals surface area (Å²) in [6.45, 7) is 0.487. The molecule has 1 aromatic rings. The summed E-state index contributed by atoms with van der Waals surface area (Å²) in [6, 6.07) is 5.79. The van der Waals surface area contributed by atoms with Gasteiger partial charge in [0.05, 0.1) is 6.42 Å². The minimum Gasteiger partial charge on any atom is -0.382 e. The van der Waals surface area contributed by atoms with Crippen LogP contribution >= 0.6 is 0 Å². The number of hydrogen-bond donors (Lipinski definition) is 0. The molecular weight excluding hydrogens is 380 g/mol. The number of alkyl halides is 2. The van der Waals surface area contributed by atoms with Gasteiger partial charge in [0, 0.05) is 19.9 Å². The largest absolute Gasteiger partial charge is 0.382 e. The smallest absolute Gasteiger partial charge is 0.315 e. The van der Waals surface area contributed by atoms with E-state index in [0.29, 0.717) is 5.69 Å². The number of anilines is 1. The third-order valence-corrected chi connectivity index (χ3v) is 4.36. The Hall–Kier alpha value is -1.57. The van der Waals surface area contributed by atoms with Gasteiger partial charge >= 0.3 is 10.1 Å². The highest BCUT2D eigenvalue weighted by molar-refractivity contribution is 7.87. The number of methoxy groups -OCH3 is 2. The molecule has 0 bridgehead atoms. The van der Waals surface area contributed by atoms with E-state index < -0.39 is 34.5 Å². The van der Waals surface area contributed by atoms with Gasteiger partial charge in [-0.15, -0.1) is 0 Å². The molecule has 148 valence electrons. The van der Waals surface area contributed by atoms with Crippen LogP contribution in [0.25, 0.3) is 0 Å². The first kappa shape index (κ1) is 20.7. The highest BCUT2D eigenvalue weighted by atomic mass is 32.2. The number of hydrogen-bond acceptors (Lipinski definition) is 9. The molecule has 0 aromatic heterocycles. The van der Waals surface area contributed by atoms with Crippen LogP contribution in [0.5, 0.6) is 5.75 Å². The zero-order valence-corrected chi connectivity index (χ0v) is 14.9. The van der Waals surface area contributed by atoms with Gasteiger partial charge in [0.2, 0.25) is 6.29 Å². The van der Waals surface area contributed by atoms with Gasteiger partial charge in [-0.25, -0.2) is 8.78 Å². The summed E-state index contributed by atoms with van der Waals surface area (Å²) < 4.78 is 66.0. The minimum absolute atomic E-state index is 0.0983. The topological polar surface area (TPSA) is 92.8 Å². The molecule has 26 heavy (non-hydrogen) atoms. The summed E-state index contributed by atoms with van der Waals surface area (Å²) in [4.78, 5) is 10.1. The van der Waals surface area contributed by atoms with Crippen molar-refractivity contribution in [3.05, 3.63) is 24.3 Å². The lowest BCUT2D eigenvalue weighted by molar-refractivity contribution is -0.693. The van der Waals surface area contributed by atoms with E-state index in [1.54, 1.807) is 17.0 Å². The van der Waals surface area contributed by atoms with Crippen LogP contribution in [-0.2, 0) is 34.4 Å². The second-order valence-electron chi connectivity index (χ2n) is 5.40. The molecule has 0 saturated carbocycles. The predicted octanol–water partition coefficient (Wildman–Crippen LogP) is 1.65. The molecule has 9 nitrogen and oxygen atoms in total. The standard InChI is InChI=1S/C14H19F2NO8S/c1-20-9-17(10-21-2)11-3-5-12(6-4-11)24-26(18,19)8-14(15,16)7-13-22-25-23-13/h3-6,13H,7-10H2,1-2H3. The summed E-state index contributed by atoms with van der Waals surface area (Å²) in [5.41, 5.74) is 0.669. The van der Waals surface area contributed by atoms with Crippen molar-refractivity contribution in [1.29, 1.82) is 0 Å². The normalized spacial score (nSPS) is 15.5. The van der Waals surface area contributed by atoms with Crippen LogP contribution in [0.1, 0.15) is 6.42 Å². The molecule has 1 aliphatic heterocycles. The summed E-state index contributed by atoms with van der Waals surface area (Å²) in [7, 11) is -1.52. The first-order valence-electron chi connectivity index (χ1n) is 7.36. The fourth-order valence-electron chi connectivity index (χ4n) is 2.11. The van der Waals surface area contributed by atoms with E-state index in [9.17, 15) is 17.2 Å². The number of halogens is 2. The van der Waals surface area contributed by atoms with E-state index in [1.807, 2.05) is 0 Å². The number of nitrogens with zero attached hydrogens (tertiary/aromatic N) is 1.